The smallest absolute Gasteiger partial charge is 0.420 e. The molecule has 8 nitrogen and oxygen atoms in total. The van der Waals surface area contributed by atoms with Gasteiger partial charge in [0.1, 0.15) is 17.2 Å². The van der Waals surface area contributed by atoms with E-state index in [0.29, 0.717) is 47.4 Å². The maximum absolute atomic E-state index is 13.4. The average molecular weight is 482 g/mol. The van der Waals surface area contributed by atoms with Crippen molar-refractivity contribution in [1.82, 2.24) is 14.7 Å². The second-order valence-corrected chi connectivity index (χ2v) is 11.3. The summed E-state index contributed by atoms with van der Waals surface area (Å²) in [7, 11) is 0. The number of hydrogen-bond donors (Lipinski definition) is 2. The van der Waals surface area contributed by atoms with Gasteiger partial charge in [0.25, 0.3) is 0 Å². The van der Waals surface area contributed by atoms with Crippen molar-refractivity contribution in [3.05, 3.63) is 35.0 Å². The van der Waals surface area contributed by atoms with Gasteiger partial charge >= 0.3 is 6.09 Å². The molecular weight excluding hydrogens is 446 g/mol. The van der Waals surface area contributed by atoms with E-state index in [1.165, 1.54) is 0 Å². The highest BCUT2D eigenvalue weighted by atomic mass is 16.6. The molecule has 2 aliphatic rings. The number of imidazole rings is 1. The normalized spacial score (nSPS) is 18.1. The van der Waals surface area contributed by atoms with Crippen molar-refractivity contribution in [1.29, 1.82) is 0 Å². The maximum Gasteiger partial charge on any atom is 0.420 e. The lowest BCUT2D eigenvalue weighted by molar-refractivity contribution is 0.0538. The molecule has 0 amide bonds. The number of aliphatic hydroxyl groups is 2. The number of benzene rings is 1. The van der Waals surface area contributed by atoms with Crippen molar-refractivity contribution in [3.63, 3.8) is 0 Å². The number of carbonyl (C=O) groups is 1. The Morgan fingerprint density at radius 3 is 2.57 bits per heavy atom. The van der Waals surface area contributed by atoms with Gasteiger partial charge in [-0.15, -0.1) is 0 Å². The first-order valence-electron chi connectivity index (χ1n) is 12.6. The standard InChI is InChI=1S/C27H35N3O5/c1-15-22(16(2)35-29-15)18-13-19(21(31)7-6-10-27(33)11-12-27)23-20(14-18)30(24(28-23)17-8-9-17)25(32)34-26(3,4)5/h13-14,17,21,31,33H,6-12H2,1-5H3. The van der Waals surface area contributed by atoms with Crippen molar-refractivity contribution in [2.75, 3.05) is 0 Å². The molecule has 0 saturated heterocycles. The van der Waals surface area contributed by atoms with Crippen molar-refractivity contribution < 1.29 is 24.3 Å². The van der Waals surface area contributed by atoms with Gasteiger partial charge in [-0.2, -0.15) is 0 Å². The molecule has 2 aromatic heterocycles. The van der Waals surface area contributed by atoms with Gasteiger partial charge in [0, 0.05) is 17.0 Å². The molecule has 2 aliphatic carbocycles. The highest BCUT2D eigenvalue weighted by Gasteiger charge is 2.39. The Hall–Kier alpha value is -2.71. The van der Waals surface area contributed by atoms with Crippen molar-refractivity contribution in [3.8, 4) is 11.1 Å². The zero-order valence-electron chi connectivity index (χ0n) is 21.2. The Bertz CT molecular complexity index is 1250. The summed E-state index contributed by atoms with van der Waals surface area (Å²) in [6, 6.07) is 3.86. The van der Waals surface area contributed by atoms with E-state index < -0.39 is 23.4 Å². The summed E-state index contributed by atoms with van der Waals surface area (Å²) < 4.78 is 12.8. The van der Waals surface area contributed by atoms with Crippen molar-refractivity contribution >= 4 is 17.1 Å². The van der Waals surface area contributed by atoms with Gasteiger partial charge in [0.15, 0.2) is 0 Å². The van der Waals surface area contributed by atoms with E-state index in [1.807, 2.05) is 46.8 Å². The highest BCUT2D eigenvalue weighted by Crippen LogP contribution is 2.44. The average Bonchev–Trinajstić information content (AvgIpc) is 3.67. The molecule has 5 rings (SSSR count). The molecule has 2 N–H and O–H groups in total. The first-order valence-corrected chi connectivity index (χ1v) is 12.6. The molecule has 0 radical (unpaired) electrons. The molecule has 35 heavy (non-hydrogen) atoms. The van der Waals surface area contributed by atoms with Crippen LogP contribution < -0.4 is 0 Å². The fourth-order valence-corrected chi connectivity index (χ4v) is 4.80. The monoisotopic (exact) mass is 481 g/mol. The van der Waals surface area contributed by atoms with Crippen LogP contribution in [0.3, 0.4) is 0 Å². The van der Waals surface area contributed by atoms with Gasteiger partial charge in [-0.3, -0.25) is 0 Å². The zero-order chi connectivity index (χ0) is 25.1. The van der Waals surface area contributed by atoms with Crippen LogP contribution in [-0.4, -0.2) is 42.2 Å². The second kappa shape index (κ2) is 8.45. The summed E-state index contributed by atoms with van der Waals surface area (Å²) >= 11 is 0. The van der Waals surface area contributed by atoms with Crippen LogP contribution in [0.4, 0.5) is 4.79 Å². The number of fused-ring (bicyclic) bond motifs is 1. The van der Waals surface area contributed by atoms with Crippen LogP contribution in [0.15, 0.2) is 16.7 Å². The Morgan fingerprint density at radius 2 is 2.00 bits per heavy atom. The lowest BCUT2D eigenvalue weighted by atomic mass is 9.95. The third-order valence-electron chi connectivity index (χ3n) is 6.96. The third kappa shape index (κ3) is 4.86. The molecule has 0 spiro atoms. The molecule has 1 atom stereocenters. The fraction of sp³-hybridized carbons (Fsp3) is 0.593. The molecule has 0 bridgehead atoms. The van der Waals surface area contributed by atoms with E-state index in [0.717, 1.165) is 42.5 Å². The molecule has 2 heterocycles. The van der Waals surface area contributed by atoms with Crippen LogP contribution in [0.2, 0.25) is 0 Å². The topological polar surface area (TPSA) is 111 Å². The van der Waals surface area contributed by atoms with Gasteiger partial charge in [-0.25, -0.2) is 14.3 Å². The molecule has 1 aromatic carbocycles. The maximum atomic E-state index is 13.4. The van der Waals surface area contributed by atoms with E-state index >= 15 is 0 Å². The van der Waals surface area contributed by atoms with Gasteiger partial charge < -0.3 is 19.5 Å². The number of aliphatic hydroxyl groups excluding tert-OH is 1. The quantitative estimate of drug-likeness (QED) is 0.445. The molecule has 2 fully saturated rings. The van der Waals surface area contributed by atoms with Gasteiger partial charge in [0.2, 0.25) is 0 Å². The van der Waals surface area contributed by atoms with Gasteiger partial charge in [0.05, 0.1) is 28.4 Å². The summed E-state index contributed by atoms with van der Waals surface area (Å²) in [6.45, 7) is 9.27. The largest absolute Gasteiger partial charge is 0.443 e. The predicted octanol–water partition coefficient (Wildman–Crippen LogP) is 5.70. The van der Waals surface area contributed by atoms with Gasteiger partial charge in [-0.05, 0) is 97.3 Å². The van der Waals surface area contributed by atoms with Crippen molar-refractivity contribution in [2.45, 2.75) is 103 Å². The van der Waals surface area contributed by atoms with Crippen LogP contribution in [0.1, 0.15) is 101 Å². The zero-order valence-corrected chi connectivity index (χ0v) is 21.2. The second-order valence-electron chi connectivity index (χ2n) is 11.3. The van der Waals surface area contributed by atoms with Gasteiger partial charge in [-0.1, -0.05) is 5.16 Å². The lowest BCUT2D eigenvalue weighted by Gasteiger charge is -2.21. The van der Waals surface area contributed by atoms with Crippen LogP contribution in [-0.2, 0) is 4.74 Å². The number of nitrogens with zero attached hydrogens (tertiary/aromatic N) is 3. The number of carbonyl (C=O) groups excluding carboxylic acids is 1. The summed E-state index contributed by atoms with van der Waals surface area (Å²) in [6.07, 6.45) is 4.25. The fourth-order valence-electron chi connectivity index (χ4n) is 4.80. The number of hydrogen-bond acceptors (Lipinski definition) is 7. The molecule has 0 aliphatic heterocycles. The third-order valence-corrected chi connectivity index (χ3v) is 6.96. The van der Waals surface area contributed by atoms with E-state index in [2.05, 4.69) is 5.16 Å². The Labute approximate surface area is 205 Å². The van der Waals surface area contributed by atoms with Crippen LogP contribution in [0.25, 0.3) is 22.2 Å². The molecule has 3 aromatic rings. The molecular formula is C27H35N3O5. The van der Waals surface area contributed by atoms with Crippen LogP contribution in [0, 0.1) is 13.8 Å². The molecule has 1 unspecified atom stereocenters. The summed E-state index contributed by atoms with van der Waals surface area (Å²) in [5, 5.41) is 25.6. The number of rotatable bonds is 7. The van der Waals surface area contributed by atoms with Crippen LogP contribution in [0.5, 0.6) is 0 Å². The Morgan fingerprint density at radius 1 is 1.29 bits per heavy atom. The molecule has 8 heteroatoms. The molecule has 188 valence electrons. The summed E-state index contributed by atoms with van der Waals surface area (Å²) in [5.41, 5.74) is 3.10. The minimum Gasteiger partial charge on any atom is -0.443 e. The predicted molar refractivity (Wildman–Crippen MR) is 131 cm³/mol. The highest BCUT2D eigenvalue weighted by molar-refractivity contribution is 5.93. The Kier molecular flexibility index (Phi) is 5.79. The van der Waals surface area contributed by atoms with Crippen LogP contribution >= 0.6 is 0 Å². The van der Waals surface area contributed by atoms with E-state index in [1.54, 1.807) is 4.57 Å². The number of aryl methyl sites for hydroxylation is 2. The number of ether oxygens (including phenoxy) is 1. The minimum absolute atomic E-state index is 0.200. The van der Waals surface area contributed by atoms with E-state index in [-0.39, 0.29) is 5.92 Å². The summed E-state index contributed by atoms with van der Waals surface area (Å²) in [5.74, 6) is 1.56. The molecule has 2 saturated carbocycles. The van der Waals surface area contributed by atoms with Crippen molar-refractivity contribution in [2.24, 2.45) is 0 Å². The first-order chi connectivity index (χ1) is 16.5. The van der Waals surface area contributed by atoms with E-state index in [9.17, 15) is 15.0 Å². The number of aromatic nitrogens is 3. The lowest BCUT2D eigenvalue weighted by Crippen LogP contribution is -2.28. The minimum atomic E-state index is -0.783. The Balaban J connectivity index is 1.64. The first kappa shape index (κ1) is 24.0. The summed E-state index contributed by atoms with van der Waals surface area (Å²) in [4.78, 5) is 18.3. The van der Waals surface area contributed by atoms with E-state index in [4.69, 9.17) is 14.2 Å². The SMILES string of the molecule is Cc1noc(C)c1-c1cc(C(O)CCCC2(O)CC2)c2nc(C3CC3)n(C(=O)OC(C)(C)C)c2c1.